The average molecular weight is 519 g/mol. The first kappa shape index (κ1) is 26.1. The third-order valence-corrected chi connectivity index (χ3v) is 10.9. The molecular formula is C29H42O8. The fourth-order valence-electron chi connectivity index (χ4n) is 8.94. The fourth-order valence-corrected chi connectivity index (χ4v) is 8.94. The summed E-state index contributed by atoms with van der Waals surface area (Å²) in [6.45, 7) is 8.21. The van der Waals surface area contributed by atoms with Crippen LogP contribution in [0.15, 0.2) is 23.3 Å². The number of hydrogen-bond donors (Lipinski definition) is 3. The van der Waals surface area contributed by atoms with Crippen molar-refractivity contribution in [1.29, 1.82) is 0 Å². The first-order valence-electron chi connectivity index (χ1n) is 14.1. The van der Waals surface area contributed by atoms with E-state index >= 15 is 0 Å². The van der Waals surface area contributed by atoms with E-state index in [1.165, 1.54) is 11.1 Å². The van der Waals surface area contributed by atoms with E-state index in [9.17, 15) is 20.1 Å². The van der Waals surface area contributed by atoms with E-state index in [2.05, 4.69) is 19.9 Å². The molecule has 6 aliphatic rings. The normalized spacial score (nSPS) is 54.4. The summed E-state index contributed by atoms with van der Waals surface area (Å²) in [4.78, 5) is 12.1. The highest BCUT2D eigenvalue weighted by Gasteiger charge is 2.61. The van der Waals surface area contributed by atoms with Crippen LogP contribution in [0.1, 0.15) is 72.6 Å². The second-order valence-electron chi connectivity index (χ2n) is 12.9. The molecule has 0 spiro atoms. The zero-order valence-corrected chi connectivity index (χ0v) is 22.4. The topological polar surface area (TPSA) is 115 Å². The summed E-state index contributed by atoms with van der Waals surface area (Å²) in [5.74, 6) is 0.0205. The van der Waals surface area contributed by atoms with Crippen molar-refractivity contribution in [3.05, 3.63) is 23.3 Å². The molecule has 3 saturated carbocycles. The number of allylic oxidation sites excluding steroid dienone is 2. The number of rotatable bonds is 3. The highest BCUT2D eigenvalue weighted by Crippen LogP contribution is 2.66. The molecule has 0 aromatic rings. The van der Waals surface area contributed by atoms with Gasteiger partial charge < -0.3 is 29.5 Å². The molecule has 0 bridgehead atoms. The van der Waals surface area contributed by atoms with E-state index in [0.717, 1.165) is 38.5 Å². The van der Waals surface area contributed by atoms with Gasteiger partial charge in [0.05, 0.1) is 18.8 Å². The molecule has 206 valence electrons. The Morgan fingerprint density at radius 1 is 1.05 bits per heavy atom. The lowest BCUT2D eigenvalue weighted by Gasteiger charge is -2.59. The van der Waals surface area contributed by atoms with E-state index in [-0.39, 0.29) is 29.1 Å². The highest BCUT2D eigenvalue weighted by molar-refractivity contribution is 5.91. The molecule has 3 unspecified atom stereocenters. The van der Waals surface area contributed by atoms with Gasteiger partial charge in [-0.2, -0.15) is 0 Å². The summed E-state index contributed by atoms with van der Waals surface area (Å²) in [5.41, 5.74) is 2.42. The maximum Gasteiger partial charge on any atom is 0.283 e. The first-order valence-corrected chi connectivity index (χ1v) is 14.1. The summed E-state index contributed by atoms with van der Waals surface area (Å²) in [5, 5.41) is 32.1. The monoisotopic (exact) mass is 518 g/mol. The van der Waals surface area contributed by atoms with E-state index in [1.54, 1.807) is 13.8 Å². The molecule has 0 radical (unpaired) electrons. The SMILES string of the molecule is C[C@H]1OC2OC(C)(OC/C=C3\CC[C@H]4[C@@H]5CCC6=CC(=O)CC[C@]6(C)[C@H]5[C@@H](O)C[C@]34C)OC2[C@@H](O)[C@@H]1O. The lowest BCUT2D eigenvalue weighted by molar-refractivity contribution is -0.339. The molecule has 2 saturated heterocycles. The molecule has 8 heteroatoms. The summed E-state index contributed by atoms with van der Waals surface area (Å²) in [7, 11) is 0. The number of carbonyl (C=O) groups is 1. The molecule has 2 heterocycles. The van der Waals surface area contributed by atoms with Gasteiger partial charge in [0.25, 0.3) is 5.97 Å². The van der Waals surface area contributed by atoms with Crippen LogP contribution >= 0.6 is 0 Å². The smallest absolute Gasteiger partial charge is 0.283 e. The van der Waals surface area contributed by atoms with Crippen molar-refractivity contribution < 1.29 is 39.1 Å². The van der Waals surface area contributed by atoms with Crippen molar-refractivity contribution in [2.75, 3.05) is 6.61 Å². The molecule has 3 N–H and O–H groups in total. The maximum absolute atomic E-state index is 12.1. The van der Waals surface area contributed by atoms with Gasteiger partial charge in [-0.05, 0) is 80.1 Å². The Morgan fingerprint density at radius 2 is 1.84 bits per heavy atom. The lowest BCUT2D eigenvalue weighted by atomic mass is 9.46. The van der Waals surface area contributed by atoms with E-state index in [1.807, 2.05) is 6.08 Å². The standard InChI is InChI=1S/C29H42O8/c1-15-23(32)24(33)25-26(35-15)37-29(4,36-25)34-12-10-16-6-8-20-19-7-5-17-13-18(30)9-11-27(17,2)22(19)21(31)14-28(16,20)3/h10,13,15,19-26,31-33H,5-9,11-12,14H2,1-4H3/b16-10+/t15-,19+,20+,21+,22-,23-,24+,25?,26?,27+,28-,29?/m1/s1. The van der Waals surface area contributed by atoms with Gasteiger partial charge >= 0.3 is 0 Å². The van der Waals surface area contributed by atoms with Crippen molar-refractivity contribution >= 4 is 5.78 Å². The van der Waals surface area contributed by atoms with Crippen LogP contribution in [0.4, 0.5) is 0 Å². The summed E-state index contributed by atoms with van der Waals surface area (Å²) in [6.07, 6.45) is 5.52. The third-order valence-electron chi connectivity index (χ3n) is 10.9. The average Bonchev–Trinajstić information content (AvgIpc) is 3.34. The van der Waals surface area contributed by atoms with Crippen LogP contribution in [0.25, 0.3) is 0 Å². The zero-order chi connectivity index (χ0) is 26.3. The minimum atomic E-state index is -1.38. The van der Waals surface area contributed by atoms with Crippen LogP contribution in [0.5, 0.6) is 0 Å². The maximum atomic E-state index is 12.1. The lowest BCUT2D eigenvalue weighted by Crippen LogP contribution is -2.55. The summed E-state index contributed by atoms with van der Waals surface area (Å²) >= 11 is 0. The Labute approximate surface area is 219 Å². The second kappa shape index (κ2) is 8.95. The number of ketones is 1. The van der Waals surface area contributed by atoms with Gasteiger partial charge in [-0.25, -0.2) is 0 Å². The minimum Gasteiger partial charge on any atom is -0.393 e. The highest BCUT2D eigenvalue weighted by atomic mass is 16.9. The number of carbonyl (C=O) groups excluding carboxylic acids is 1. The zero-order valence-electron chi connectivity index (χ0n) is 22.4. The molecule has 5 fully saturated rings. The molecule has 8 nitrogen and oxygen atoms in total. The van der Waals surface area contributed by atoms with E-state index in [0.29, 0.717) is 18.3 Å². The molecule has 0 amide bonds. The van der Waals surface area contributed by atoms with Crippen LogP contribution in [-0.2, 0) is 23.7 Å². The van der Waals surface area contributed by atoms with Crippen LogP contribution in [0, 0.1) is 28.6 Å². The largest absolute Gasteiger partial charge is 0.393 e. The van der Waals surface area contributed by atoms with E-state index in [4.69, 9.17) is 18.9 Å². The van der Waals surface area contributed by atoms with Gasteiger partial charge in [0.1, 0.15) is 18.3 Å². The van der Waals surface area contributed by atoms with Crippen molar-refractivity contribution in [1.82, 2.24) is 0 Å². The first-order chi connectivity index (χ1) is 17.4. The number of ether oxygens (including phenoxy) is 4. The van der Waals surface area contributed by atoms with Crippen molar-refractivity contribution in [2.24, 2.45) is 28.6 Å². The minimum absolute atomic E-state index is 0.0760. The third kappa shape index (κ3) is 4.01. The van der Waals surface area contributed by atoms with Crippen molar-refractivity contribution in [3.8, 4) is 0 Å². The van der Waals surface area contributed by atoms with Crippen LogP contribution in [0.2, 0.25) is 0 Å². The molecule has 4 aliphatic carbocycles. The van der Waals surface area contributed by atoms with Gasteiger partial charge in [0.2, 0.25) is 0 Å². The Hall–Kier alpha value is -1.13. The number of aliphatic hydroxyl groups is 3. The number of hydrogen-bond acceptors (Lipinski definition) is 8. The molecule has 0 aromatic heterocycles. The molecule has 2 aliphatic heterocycles. The van der Waals surface area contributed by atoms with Crippen molar-refractivity contribution in [2.45, 2.75) is 115 Å². The Balaban J connectivity index is 1.15. The molecule has 12 atom stereocenters. The molecular weight excluding hydrogens is 476 g/mol. The van der Waals surface area contributed by atoms with Crippen LogP contribution < -0.4 is 0 Å². The molecule has 0 aromatic carbocycles. The predicted octanol–water partition coefficient (Wildman–Crippen LogP) is 2.99. The van der Waals surface area contributed by atoms with Crippen LogP contribution in [0.3, 0.4) is 0 Å². The number of aliphatic hydroxyl groups excluding tert-OH is 3. The predicted molar refractivity (Wildman–Crippen MR) is 133 cm³/mol. The van der Waals surface area contributed by atoms with Gasteiger partial charge in [-0.15, -0.1) is 0 Å². The van der Waals surface area contributed by atoms with Crippen molar-refractivity contribution in [3.63, 3.8) is 0 Å². The van der Waals surface area contributed by atoms with Crippen LogP contribution in [-0.4, -0.2) is 70.5 Å². The quantitative estimate of drug-likeness (QED) is 0.489. The van der Waals surface area contributed by atoms with Gasteiger partial charge in [0.15, 0.2) is 12.1 Å². The fraction of sp³-hybridized carbons (Fsp3) is 0.828. The summed E-state index contributed by atoms with van der Waals surface area (Å²) < 4.78 is 23.4. The van der Waals surface area contributed by atoms with Gasteiger partial charge in [-0.1, -0.05) is 31.1 Å². The molecule has 6 rings (SSSR count). The second-order valence-corrected chi connectivity index (χ2v) is 12.9. The Kier molecular flexibility index (Phi) is 6.31. The molecule has 37 heavy (non-hydrogen) atoms. The van der Waals surface area contributed by atoms with Gasteiger partial charge in [-0.3, -0.25) is 9.53 Å². The Morgan fingerprint density at radius 3 is 2.62 bits per heavy atom. The summed E-state index contributed by atoms with van der Waals surface area (Å²) in [6, 6.07) is 0. The van der Waals surface area contributed by atoms with Gasteiger partial charge in [0, 0.05) is 13.3 Å². The Bertz CT molecular complexity index is 1010. The number of fused-ring (bicyclic) bond motifs is 6. The van der Waals surface area contributed by atoms with E-state index < -0.39 is 42.8 Å².